The van der Waals surface area contributed by atoms with E-state index in [-0.39, 0.29) is 6.61 Å². The fourth-order valence-corrected chi connectivity index (χ4v) is 2.05. The molecule has 122 valence electrons. The summed E-state index contributed by atoms with van der Waals surface area (Å²) in [4.78, 5) is 21.0. The zero-order chi connectivity index (χ0) is 16.7. The molecule has 0 aliphatic heterocycles. The van der Waals surface area contributed by atoms with Crippen LogP contribution in [0.15, 0.2) is 42.7 Å². The van der Waals surface area contributed by atoms with Crippen LogP contribution in [0.5, 0.6) is 0 Å². The van der Waals surface area contributed by atoms with E-state index in [1.54, 1.807) is 6.07 Å². The number of carbonyl (C=O) groups is 1. The van der Waals surface area contributed by atoms with E-state index >= 15 is 0 Å². The van der Waals surface area contributed by atoms with Gasteiger partial charge in [-0.1, -0.05) is 0 Å². The summed E-state index contributed by atoms with van der Waals surface area (Å²) in [6.45, 7) is -0.641. The van der Waals surface area contributed by atoms with Gasteiger partial charge in [-0.25, -0.2) is 5.48 Å². The van der Waals surface area contributed by atoms with Crippen LogP contribution in [0, 0.1) is 3.57 Å². The van der Waals surface area contributed by atoms with Gasteiger partial charge in [-0.3, -0.25) is 14.6 Å². The lowest BCUT2D eigenvalue weighted by atomic mass is 10.2. The molecule has 1 amide bonds. The molecule has 1 aromatic heterocycles. The summed E-state index contributed by atoms with van der Waals surface area (Å²) in [5.41, 5.74) is 3.91. The Kier molecular flexibility index (Phi) is 6.71. The summed E-state index contributed by atoms with van der Waals surface area (Å²) in [6, 6.07) is 9.22. The van der Waals surface area contributed by atoms with E-state index in [0.717, 1.165) is 9.26 Å². The second kappa shape index (κ2) is 8.77. The second-order valence-electron chi connectivity index (χ2n) is 4.63. The van der Waals surface area contributed by atoms with Crippen molar-refractivity contribution in [2.75, 3.05) is 18.5 Å². The number of aliphatic hydroxyl groups excluding tert-OH is 2. The number of carbonyl (C=O) groups excluding carboxylic acids is 1. The first-order chi connectivity index (χ1) is 11.1. The van der Waals surface area contributed by atoms with Crippen LogP contribution in [0.1, 0.15) is 10.4 Å². The van der Waals surface area contributed by atoms with Gasteiger partial charge in [0.1, 0.15) is 12.7 Å². The average molecular weight is 429 g/mol. The Hall–Kier alpha value is -1.75. The van der Waals surface area contributed by atoms with Crippen LogP contribution in [0.4, 0.5) is 11.4 Å². The van der Waals surface area contributed by atoms with E-state index in [1.807, 2.05) is 24.3 Å². The number of halogens is 1. The van der Waals surface area contributed by atoms with Crippen LogP contribution in [0.3, 0.4) is 0 Å². The first-order valence-corrected chi connectivity index (χ1v) is 7.85. The maximum atomic E-state index is 12.1. The third kappa shape index (κ3) is 5.43. The van der Waals surface area contributed by atoms with E-state index in [4.69, 9.17) is 15.1 Å². The van der Waals surface area contributed by atoms with E-state index in [9.17, 15) is 4.79 Å². The number of pyridine rings is 1. The Morgan fingerprint density at radius 1 is 1.30 bits per heavy atom. The number of hydrogen-bond acceptors (Lipinski definition) is 6. The van der Waals surface area contributed by atoms with E-state index < -0.39 is 18.6 Å². The Morgan fingerprint density at radius 2 is 2.04 bits per heavy atom. The summed E-state index contributed by atoms with van der Waals surface area (Å²) in [7, 11) is 0. The molecule has 0 saturated heterocycles. The first kappa shape index (κ1) is 17.6. The molecule has 0 bridgehead atoms. The highest BCUT2D eigenvalue weighted by molar-refractivity contribution is 14.1. The van der Waals surface area contributed by atoms with Crippen LogP contribution in [0.2, 0.25) is 0 Å². The number of nitrogens with zero attached hydrogens (tertiary/aromatic N) is 1. The minimum absolute atomic E-state index is 0.201. The Bertz CT molecular complexity index is 651. The van der Waals surface area contributed by atoms with Crippen molar-refractivity contribution in [3.05, 3.63) is 51.9 Å². The van der Waals surface area contributed by atoms with Gasteiger partial charge in [-0.15, -0.1) is 0 Å². The number of hydrogen-bond donors (Lipinski definition) is 4. The predicted octanol–water partition coefficient (Wildman–Crippen LogP) is 1.44. The highest BCUT2D eigenvalue weighted by Crippen LogP contribution is 2.20. The van der Waals surface area contributed by atoms with Gasteiger partial charge < -0.3 is 15.5 Å². The van der Waals surface area contributed by atoms with Crippen LogP contribution >= 0.6 is 22.6 Å². The third-order valence-corrected chi connectivity index (χ3v) is 3.56. The van der Waals surface area contributed by atoms with Gasteiger partial charge >= 0.3 is 0 Å². The van der Waals surface area contributed by atoms with Gasteiger partial charge in [0.05, 0.1) is 24.1 Å². The molecule has 7 nitrogen and oxygen atoms in total. The molecule has 0 aliphatic rings. The molecule has 2 rings (SSSR count). The normalized spacial score (nSPS) is 11.8. The smallest absolute Gasteiger partial charge is 0.277 e. The molecule has 8 heteroatoms. The number of aromatic nitrogens is 1. The lowest BCUT2D eigenvalue weighted by molar-refractivity contribution is -0.0295. The van der Waals surface area contributed by atoms with E-state index in [1.165, 1.54) is 12.4 Å². The molecule has 0 fully saturated rings. The van der Waals surface area contributed by atoms with Crippen molar-refractivity contribution in [3.63, 3.8) is 0 Å². The van der Waals surface area contributed by atoms with Gasteiger partial charge in [0.25, 0.3) is 5.91 Å². The Balaban J connectivity index is 2.04. The highest BCUT2D eigenvalue weighted by atomic mass is 127. The zero-order valence-electron chi connectivity index (χ0n) is 12.1. The summed E-state index contributed by atoms with van der Waals surface area (Å²) in [5, 5.41) is 21.0. The monoisotopic (exact) mass is 429 g/mol. The molecular weight excluding hydrogens is 413 g/mol. The van der Waals surface area contributed by atoms with Crippen LogP contribution in [0.25, 0.3) is 0 Å². The molecule has 23 heavy (non-hydrogen) atoms. The average Bonchev–Trinajstić information content (AvgIpc) is 2.57. The van der Waals surface area contributed by atoms with E-state index in [0.29, 0.717) is 11.3 Å². The van der Waals surface area contributed by atoms with Crippen molar-refractivity contribution < 1.29 is 19.8 Å². The fraction of sp³-hybridized carbons (Fsp3) is 0.200. The number of rotatable bonds is 7. The van der Waals surface area contributed by atoms with Crippen molar-refractivity contribution in [2.45, 2.75) is 6.10 Å². The van der Waals surface area contributed by atoms with Crippen LogP contribution in [-0.2, 0) is 4.84 Å². The van der Waals surface area contributed by atoms with E-state index in [2.05, 4.69) is 38.4 Å². The first-order valence-electron chi connectivity index (χ1n) is 6.78. The number of aliphatic hydroxyl groups is 2. The molecule has 0 spiro atoms. The van der Waals surface area contributed by atoms with Gasteiger partial charge in [-0.05, 0) is 52.9 Å². The minimum Gasteiger partial charge on any atom is -0.394 e. The molecule has 4 N–H and O–H groups in total. The highest BCUT2D eigenvalue weighted by Gasteiger charge is 2.12. The topological polar surface area (TPSA) is 104 Å². The SMILES string of the molecule is O=C(NOC[C@@H](O)CO)c1ccncc1Nc1ccc(I)cc1. The molecule has 1 atom stereocenters. The van der Waals surface area contributed by atoms with Crippen molar-refractivity contribution in [1.29, 1.82) is 0 Å². The predicted molar refractivity (Wildman–Crippen MR) is 93.2 cm³/mol. The molecule has 2 aromatic rings. The van der Waals surface area contributed by atoms with Crippen LogP contribution < -0.4 is 10.8 Å². The number of benzene rings is 1. The number of nitrogens with one attached hydrogen (secondary N) is 2. The number of anilines is 2. The molecular formula is C15H16IN3O4. The fourth-order valence-electron chi connectivity index (χ4n) is 1.69. The maximum Gasteiger partial charge on any atom is 0.277 e. The number of hydroxylamine groups is 1. The quantitative estimate of drug-likeness (QED) is 0.393. The standard InChI is InChI=1S/C15H16IN3O4/c16-10-1-3-11(4-2-10)18-14-7-17-6-5-13(14)15(22)19-23-9-12(21)8-20/h1-7,12,18,20-21H,8-9H2,(H,19,22)/t12-/m0/s1. The van der Waals surface area contributed by atoms with Gasteiger partial charge in [0, 0.05) is 15.5 Å². The van der Waals surface area contributed by atoms with Crippen LogP contribution in [-0.4, -0.2) is 40.4 Å². The van der Waals surface area contributed by atoms with Gasteiger partial charge in [-0.2, -0.15) is 0 Å². The van der Waals surface area contributed by atoms with Crippen molar-refractivity contribution >= 4 is 39.9 Å². The van der Waals surface area contributed by atoms with Crippen molar-refractivity contribution in [1.82, 2.24) is 10.5 Å². The Labute approximate surface area is 146 Å². The minimum atomic E-state index is -1.04. The summed E-state index contributed by atoms with van der Waals surface area (Å²) < 4.78 is 1.10. The largest absolute Gasteiger partial charge is 0.394 e. The van der Waals surface area contributed by atoms with Crippen molar-refractivity contribution in [2.24, 2.45) is 0 Å². The third-order valence-electron chi connectivity index (χ3n) is 2.84. The number of amides is 1. The molecule has 0 radical (unpaired) electrons. The molecule has 1 aromatic carbocycles. The second-order valence-corrected chi connectivity index (χ2v) is 5.88. The van der Waals surface area contributed by atoms with Crippen molar-refractivity contribution in [3.8, 4) is 0 Å². The maximum absolute atomic E-state index is 12.1. The van der Waals surface area contributed by atoms with Gasteiger partial charge in [0.15, 0.2) is 0 Å². The lowest BCUT2D eigenvalue weighted by Gasteiger charge is -2.12. The summed E-state index contributed by atoms with van der Waals surface area (Å²) >= 11 is 2.21. The van der Waals surface area contributed by atoms with Gasteiger partial charge in [0.2, 0.25) is 0 Å². The molecule has 1 heterocycles. The zero-order valence-corrected chi connectivity index (χ0v) is 14.2. The molecule has 0 aliphatic carbocycles. The summed E-state index contributed by atoms with van der Waals surface area (Å²) in [5.74, 6) is -0.481. The molecule has 0 saturated carbocycles. The lowest BCUT2D eigenvalue weighted by Crippen LogP contribution is -2.30. The Morgan fingerprint density at radius 3 is 2.74 bits per heavy atom. The summed E-state index contributed by atoms with van der Waals surface area (Å²) in [6.07, 6.45) is 1.99. The molecule has 0 unspecified atom stereocenters.